The first-order valence-electron chi connectivity index (χ1n) is 5.78. The van der Waals surface area contributed by atoms with Gasteiger partial charge in [-0.15, -0.1) is 0 Å². The minimum absolute atomic E-state index is 0.0960. The number of furan rings is 1. The normalized spacial score (nSPS) is 12.4. The van der Waals surface area contributed by atoms with E-state index in [0.717, 1.165) is 0 Å². The van der Waals surface area contributed by atoms with Crippen LogP contribution in [0.4, 0.5) is 0 Å². The van der Waals surface area contributed by atoms with Gasteiger partial charge in [-0.25, -0.2) is 8.42 Å². The van der Waals surface area contributed by atoms with Crippen LogP contribution in [-0.4, -0.2) is 14.2 Å². The lowest BCUT2D eigenvalue weighted by Crippen LogP contribution is -2.11. The van der Waals surface area contributed by atoms with Gasteiger partial charge in [0, 0.05) is 6.08 Å². The summed E-state index contributed by atoms with van der Waals surface area (Å²) < 4.78 is 30.1. The molecule has 0 aliphatic heterocycles. The zero-order chi connectivity index (χ0) is 15.6. The van der Waals surface area contributed by atoms with Gasteiger partial charge in [-0.05, 0) is 37.3 Å². The number of ketones is 1. The molecule has 2 aromatic rings. The van der Waals surface area contributed by atoms with Crippen LogP contribution in [0.5, 0.6) is 0 Å². The number of rotatable bonds is 4. The van der Waals surface area contributed by atoms with Gasteiger partial charge in [-0.2, -0.15) is 0 Å². The smallest absolute Gasteiger partial charge is 0.210 e. The highest BCUT2D eigenvalue weighted by Crippen LogP contribution is 2.29. The molecular formula is C14H10Cl2O4S. The van der Waals surface area contributed by atoms with E-state index in [0.29, 0.717) is 0 Å². The summed E-state index contributed by atoms with van der Waals surface area (Å²) in [4.78, 5) is 11.2. The van der Waals surface area contributed by atoms with Crippen LogP contribution < -0.4 is 0 Å². The van der Waals surface area contributed by atoms with Crippen molar-refractivity contribution < 1.29 is 17.6 Å². The van der Waals surface area contributed by atoms with Gasteiger partial charge in [0.05, 0.1) is 21.2 Å². The quantitative estimate of drug-likeness (QED) is 0.786. The number of hydrogen-bond acceptors (Lipinski definition) is 4. The van der Waals surface area contributed by atoms with Crippen LogP contribution >= 0.6 is 23.2 Å². The minimum Gasteiger partial charge on any atom is -0.465 e. The molecule has 0 atom stereocenters. The minimum atomic E-state index is -4.01. The second kappa shape index (κ2) is 6.05. The summed E-state index contributed by atoms with van der Waals surface area (Å²) in [5.41, 5.74) is 0. The third-order valence-corrected chi connectivity index (χ3v) is 5.25. The van der Waals surface area contributed by atoms with Crippen LogP contribution in [0.3, 0.4) is 0 Å². The Bertz CT molecular complexity index is 806. The van der Waals surface area contributed by atoms with Gasteiger partial charge < -0.3 is 4.42 Å². The molecule has 0 bridgehead atoms. The summed E-state index contributed by atoms with van der Waals surface area (Å²) in [5, 5.41) is 0.327. The maximum absolute atomic E-state index is 12.5. The fourth-order valence-electron chi connectivity index (χ4n) is 1.64. The lowest BCUT2D eigenvalue weighted by molar-refractivity contribution is -0.112. The van der Waals surface area contributed by atoms with Crippen molar-refractivity contribution in [2.24, 2.45) is 0 Å². The van der Waals surface area contributed by atoms with Gasteiger partial charge in [0.25, 0.3) is 0 Å². The van der Waals surface area contributed by atoms with Crippen molar-refractivity contribution in [2.45, 2.75) is 11.8 Å². The van der Waals surface area contributed by atoms with Gasteiger partial charge >= 0.3 is 0 Å². The molecule has 4 nitrogen and oxygen atoms in total. The van der Waals surface area contributed by atoms with E-state index in [2.05, 4.69) is 0 Å². The molecular weight excluding hydrogens is 335 g/mol. The number of carbonyl (C=O) groups excluding carboxylic acids is 1. The molecule has 0 aliphatic rings. The summed E-state index contributed by atoms with van der Waals surface area (Å²) in [6, 6.07) is 7.00. The number of carbonyl (C=O) groups is 1. The van der Waals surface area contributed by atoms with Crippen molar-refractivity contribution >= 4 is 44.9 Å². The SMILES string of the molecule is CC(=O)C(=Cc1ccco1)S(=O)(=O)c1ccc(Cl)c(Cl)c1. The molecule has 1 heterocycles. The summed E-state index contributed by atoms with van der Waals surface area (Å²) in [7, 11) is -4.01. The monoisotopic (exact) mass is 344 g/mol. The molecule has 0 amide bonds. The van der Waals surface area contributed by atoms with E-state index in [1.165, 1.54) is 37.5 Å². The van der Waals surface area contributed by atoms with Crippen molar-refractivity contribution in [1.82, 2.24) is 0 Å². The Labute approximate surface area is 131 Å². The second-order valence-corrected chi connectivity index (χ2v) is 6.89. The van der Waals surface area contributed by atoms with E-state index in [1.54, 1.807) is 12.1 Å². The van der Waals surface area contributed by atoms with Crippen molar-refractivity contribution in [3.8, 4) is 0 Å². The van der Waals surface area contributed by atoms with Crippen LogP contribution in [0.1, 0.15) is 12.7 Å². The van der Waals surface area contributed by atoms with Crippen molar-refractivity contribution in [1.29, 1.82) is 0 Å². The van der Waals surface area contributed by atoms with Gasteiger partial charge in [0.2, 0.25) is 9.84 Å². The Balaban J connectivity index is 2.58. The topological polar surface area (TPSA) is 64.3 Å². The molecule has 21 heavy (non-hydrogen) atoms. The van der Waals surface area contributed by atoms with E-state index in [4.69, 9.17) is 27.6 Å². The van der Waals surface area contributed by atoms with Crippen LogP contribution in [0, 0.1) is 0 Å². The Morgan fingerprint density at radius 3 is 2.43 bits per heavy atom. The highest BCUT2D eigenvalue weighted by molar-refractivity contribution is 7.96. The highest BCUT2D eigenvalue weighted by Gasteiger charge is 2.25. The zero-order valence-electron chi connectivity index (χ0n) is 10.8. The molecule has 2 rings (SSSR count). The molecule has 0 spiro atoms. The summed E-state index contributed by atoms with van der Waals surface area (Å²) >= 11 is 11.6. The lowest BCUT2D eigenvalue weighted by Gasteiger charge is -2.07. The number of allylic oxidation sites excluding steroid dienone is 1. The Hall–Kier alpha value is -1.56. The number of benzene rings is 1. The van der Waals surface area contributed by atoms with Gasteiger partial charge in [-0.3, -0.25) is 4.79 Å². The average Bonchev–Trinajstić information content (AvgIpc) is 2.91. The Kier molecular flexibility index (Phi) is 4.56. The fraction of sp³-hybridized carbons (Fsp3) is 0.0714. The van der Waals surface area contributed by atoms with Crippen LogP contribution in [0.15, 0.2) is 50.8 Å². The van der Waals surface area contributed by atoms with E-state index >= 15 is 0 Å². The molecule has 0 radical (unpaired) electrons. The third kappa shape index (κ3) is 3.37. The molecule has 110 valence electrons. The first-order valence-corrected chi connectivity index (χ1v) is 8.02. The van der Waals surface area contributed by atoms with Gasteiger partial charge in [-0.1, -0.05) is 23.2 Å². The van der Waals surface area contributed by atoms with E-state index in [1.807, 2.05) is 0 Å². The van der Waals surface area contributed by atoms with E-state index in [-0.39, 0.29) is 25.6 Å². The molecule has 7 heteroatoms. The average molecular weight is 345 g/mol. The number of halogens is 2. The van der Waals surface area contributed by atoms with Crippen LogP contribution in [-0.2, 0) is 14.6 Å². The molecule has 0 saturated heterocycles. The Morgan fingerprint density at radius 2 is 1.90 bits per heavy atom. The Morgan fingerprint density at radius 1 is 1.19 bits per heavy atom. The maximum atomic E-state index is 12.5. The number of hydrogen-bond donors (Lipinski definition) is 0. The van der Waals surface area contributed by atoms with Gasteiger partial charge in [0.1, 0.15) is 10.7 Å². The van der Waals surface area contributed by atoms with Crippen molar-refractivity contribution in [3.63, 3.8) is 0 Å². The summed E-state index contributed by atoms with van der Waals surface area (Å²) in [6.07, 6.45) is 2.57. The number of Topliss-reactive ketones (excluding diaryl/α,β-unsaturated/α-hetero) is 1. The maximum Gasteiger partial charge on any atom is 0.210 e. The first-order chi connectivity index (χ1) is 9.82. The predicted molar refractivity (Wildman–Crippen MR) is 81.0 cm³/mol. The van der Waals surface area contributed by atoms with E-state index < -0.39 is 15.6 Å². The highest BCUT2D eigenvalue weighted by atomic mass is 35.5. The fourth-order valence-corrected chi connectivity index (χ4v) is 3.43. The van der Waals surface area contributed by atoms with Crippen molar-refractivity contribution in [2.75, 3.05) is 0 Å². The molecule has 0 N–H and O–H groups in total. The summed E-state index contributed by atoms with van der Waals surface area (Å²) in [6.45, 7) is 1.17. The molecule has 1 aromatic heterocycles. The van der Waals surface area contributed by atoms with Crippen molar-refractivity contribution in [3.05, 3.63) is 57.3 Å². The standard InChI is InChI=1S/C14H10Cl2O4S/c1-9(17)14(7-10-3-2-6-20-10)21(18,19)11-4-5-12(15)13(16)8-11/h2-8H,1H3. The van der Waals surface area contributed by atoms with Crippen LogP contribution in [0.25, 0.3) is 6.08 Å². The lowest BCUT2D eigenvalue weighted by atomic mass is 10.3. The van der Waals surface area contributed by atoms with E-state index in [9.17, 15) is 13.2 Å². The predicted octanol–water partition coefficient (Wildman–Crippen LogP) is 3.99. The molecule has 0 aliphatic carbocycles. The third-order valence-electron chi connectivity index (χ3n) is 2.65. The van der Waals surface area contributed by atoms with Crippen LogP contribution in [0.2, 0.25) is 10.0 Å². The largest absolute Gasteiger partial charge is 0.465 e. The number of sulfone groups is 1. The second-order valence-electron chi connectivity index (χ2n) is 4.16. The first kappa shape index (κ1) is 15.8. The zero-order valence-corrected chi connectivity index (χ0v) is 13.2. The molecule has 0 fully saturated rings. The summed E-state index contributed by atoms with van der Waals surface area (Å²) in [5.74, 6) is -0.332. The molecule has 0 saturated carbocycles. The van der Waals surface area contributed by atoms with Gasteiger partial charge in [0.15, 0.2) is 5.78 Å². The molecule has 1 aromatic carbocycles. The molecule has 0 unspecified atom stereocenters.